The number of alkyl halides is 10. The minimum atomic E-state index is -4.53. The first-order valence-corrected chi connectivity index (χ1v) is 44.3. The van der Waals surface area contributed by atoms with Crippen molar-refractivity contribution < 1.29 is 87.1 Å². The molecule has 0 aliphatic carbocycles. The Kier molecular flexibility index (Phi) is 37.4. The van der Waals surface area contributed by atoms with Gasteiger partial charge >= 0.3 is 42.9 Å². The molecule has 5 aromatic heterocycles. The first-order chi connectivity index (χ1) is 59.3. The summed E-state index contributed by atoms with van der Waals surface area (Å²) >= 11 is 27.1. The topological polar surface area (TPSA) is 289 Å². The molecule has 0 radical (unpaired) electrons. The van der Waals surface area contributed by atoms with Gasteiger partial charge in [-0.25, -0.2) is 49.1 Å². The van der Waals surface area contributed by atoms with Crippen LogP contribution in [0.5, 0.6) is 0 Å². The van der Waals surface area contributed by atoms with E-state index in [0.717, 1.165) is 83.5 Å². The zero-order valence-electron chi connectivity index (χ0n) is 72.7. The van der Waals surface area contributed by atoms with Crippen LogP contribution in [-0.4, -0.2) is 200 Å². The van der Waals surface area contributed by atoms with Gasteiger partial charge in [-0.1, -0.05) is 50.7 Å². The number of amides is 4. The summed E-state index contributed by atoms with van der Waals surface area (Å²) in [6.07, 6.45) is 4.35. The van der Waals surface area contributed by atoms with Crippen molar-refractivity contribution in [1.29, 1.82) is 0 Å². The first-order valence-electron chi connectivity index (χ1n) is 40.4. The van der Waals surface area contributed by atoms with Crippen molar-refractivity contribution >= 4 is 125 Å². The van der Waals surface area contributed by atoms with E-state index in [2.05, 4.69) is 104 Å². The van der Waals surface area contributed by atoms with E-state index >= 15 is 0 Å². The summed E-state index contributed by atoms with van der Waals surface area (Å²) in [5.41, 5.74) is 0.465. The van der Waals surface area contributed by atoms with Crippen molar-refractivity contribution in [1.82, 2.24) is 74.8 Å². The quantitative estimate of drug-likeness (QED) is 0.0434. The highest BCUT2D eigenvalue weighted by atomic mass is 79.9. The highest BCUT2D eigenvalue weighted by Crippen LogP contribution is 2.45. The van der Waals surface area contributed by atoms with E-state index in [1.807, 2.05) is 86.7 Å². The van der Waals surface area contributed by atoms with Crippen molar-refractivity contribution in [2.75, 3.05) is 67.5 Å². The molecule has 3 N–H and O–H groups in total. The van der Waals surface area contributed by atoms with E-state index in [1.54, 1.807) is 113 Å². The fraction of sp³-hybridized carbons (Fsp3) is 0.524. The third-order valence-electron chi connectivity index (χ3n) is 19.7. The predicted octanol–water partition coefficient (Wildman–Crippen LogP) is 20.1. The standard InChI is InChI=1S/C24H26ClF3N6O2.C20H21BrClF3N4O2.C12H17BrN4O2.C11H18N2O2.C9H18N2O2.C8H5BrClF3/c1-15(2)36-23(35)33-5-4-21(14-33)34(12-16-6-19(24(26,27)28)8-20(25)7-16)22-29-9-17(10-30-22)18-11-31-32(3)13-18;1-12(2)31-19(30)28-4-3-17(11-28)29(18-26-8-15(21)9-27-18)10-13-5-14(20(23,24)25)7-16(22)6-13;1-8(2)19-12(18)17-4-3-10(7-17)16-11-14-5-9(13)6-15-11;1-10(2)11(3,4)15-9(14-10)8-6-12-13(5)7-8;1-9(2,3)13-8(12)11-7-4-5-10-6-7;9-4-5-1-6(8(11,12)13)3-7(10)2-5/h6-11,13,15,21H,4-5,12,14H2,1-3H3;5-9,12,17H,3-4,10-11H2,1-2H3;5-6,8,10H,3-4,7H2,1-2H3,(H,14,15,16);6-7,9H,1-5H3;7,10H,4-6H2,1-3H3,(H,11,12);1-3H,4H2/t21-;17-;10-;;7-;/m000.0./s1. The number of nitrogens with zero attached hydrogens (tertiary/aromatic N) is 15. The maximum absolute atomic E-state index is 13.4. The Balaban J connectivity index is 0.000000198. The van der Waals surface area contributed by atoms with Gasteiger partial charge in [-0.3, -0.25) is 9.36 Å². The lowest BCUT2D eigenvalue weighted by atomic mass is 9.90. The van der Waals surface area contributed by atoms with Gasteiger partial charge in [0, 0.05) is 172 Å². The van der Waals surface area contributed by atoms with E-state index in [9.17, 15) is 58.7 Å². The number of anilines is 3. The lowest BCUT2D eigenvalue weighted by molar-refractivity contribution is -0.138. The van der Waals surface area contributed by atoms with Gasteiger partial charge in [-0.2, -0.15) is 49.7 Å². The number of carbonyl (C=O) groups excluding carboxylic acids is 4. The molecule has 0 saturated carbocycles. The van der Waals surface area contributed by atoms with Crippen LogP contribution < -0.4 is 25.8 Å². The lowest BCUT2D eigenvalue weighted by Crippen LogP contribution is -2.41. The number of hydrogen-bond donors (Lipinski definition) is 3. The van der Waals surface area contributed by atoms with Crippen LogP contribution >= 0.6 is 82.6 Å². The number of nitrogens with one attached hydrogen (secondary N) is 3. The Morgan fingerprint density at radius 1 is 0.535 bits per heavy atom. The second-order valence-corrected chi connectivity index (χ2v) is 36.8. The molecule has 8 aromatic rings. The molecule has 3 aromatic carbocycles. The normalized spacial score (nSPS) is 17.9. The molecule has 5 aliphatic rings. The second-order valence-electron chi connectivity index (χ2n) is 33.0. The fourth-order valence-electron chi connectivity index (χ4n) is 13.0. The van der Waals surface area contributed by atoms with E-state index in [4.69, 9.17) is 63.2 Å². The van der Waals surface area contributed by atoms with E-state index in [0.29, 0.717) is 96.4 Å². The lowest BCUT2D eigenvalue weighted by Gasteiger charge is -2.30. The van der Waals surface area contributed by atoms with Crippen LogP contribution in [0.1, 0.15) is 161 Å². The van der Waals surface area contributed by atoms with Crippen LogP contribution in [0.25, 0.3) is 11.1 Å². The molecule has 0 bridgehead atoms. The molecule has 28 nitrogen and oxygen atoms in total. The molecule has 4 amide bonds. The number of carbonyl (C=O) groups is 4. The third-order valence-corrected chi connectivity index (χ3v) is 21.8. The van der Waals surface area contributed by atoms with E-state index < -0.39 is 53.0 Å². The number of ether oxygens (including phenoxy) is 6. The highest BCUT2D eigenvalue weighted by molar-refractivity contribution is 9.10. The molecule has 5 fully saturated rings. The van der Waals surface area contributed by atoms with Crippen molar-refractivity contribution in [2.45, 2.75) is 218 Å². The molecule has 13 rings (SSSR count). The van der Waals surface area contributed by atoms with Crippen LogP contribution in [0.3, 0.4) is 0 Å². The van der Waals surface area contributed by atoms with Gasteiger partial charge in [0.2, 0.25) is 17.8 Å². The summed E-state index contributed by atoms with van der Waals surface area (Å²) in [7, 11) is 3.69. The van der Waals surface area contributed by atoms with Gasteiger partial charge < -0.3 is 68.9 Å². The number of hydrogen-bond acceptors (Lipinski definition) is 22. The minimum absolute atomic E-state index is 0.00457. The fourth-order valence-corrected chi connectivity index (χ4v) is 14.5. The number of alkyl carbamates (subject to hydrolysis) is 1. The third kappa shape index (κ3) is 33.1. The van der Waals surface area contributed by atoms with Gasteiger partial charge in [0.25, 0.3) is 0 Å². The van der Waals surface area contributed by atoms with Crippen molar-refractivity contribution in [3.63, 3.8) is 0 Å². The minimum Gasteiger partial charge on any atom is -0.447 e. The number of benzene rings is 3. The maximum atomic E-state index is 13.4. The molecule has 0 unspecified atom stereocenters. The zero-order valence-corrected chi connectivity index (χ0v) is 79.7. The molecule has 696 valence electrons. The Labute approximate surface area is 772 Å². The maximum Gasteiger partial charge on any atom is 0.416 e. The van der Waals surface area contributed by atoms with Crippen LogP contribution in [0, 0.1) is 0 Å². The second kappa shape index (κ2) is 45.8. The molecule has 5 saturated heterocycles. The Morgan fingerprint density at radius 3 is 1.32 bits per heavy atom. The van der Waals surface area contributed by atoms with Crippen molar-refractivity contribution in [3.8, 4) is 11.1 Å². The molecule has 127 heavy (non-hydrogen) atoms. The van der Waals surface area contributed by atoms with E-state index in [-0.39, 0.29) is 100 Å². The Morgan fingerprint density at radius 2 is 0.937 bits per heavy atom. The molecular weight excluding hydrogens is 1940 g/mol. The largest absolute Gasteiger partial charge is 0.447 e. The van der Waals surface area contributed by atoms with Gasteiger partial charge in [-0.15, -0.1) is 0 Å². The number of rotatable bonds is 17. The SMILES string of the molecule is CC(C)(C)OC(=O)N[C@H]1CCNC1.CC(C)OC(=O)N1CC[C@H](N(Cc2cc(Cl)cc(C(F)(F)F)c2)c2ncc(-c3cnn(C)c3)cn2)C1.CC(C)OC(=O)N1CC[C@H](N(Cc2cc(Cl)cc(C(F)(F)F)c2)c2ncc(Br)cn2)C1.CC(C)OC(=O)N1CC[C@H](Nc2ncc(Br)cn2)C1.Cn1cc(C2OC(C)(C)C(C)(C)O2)cn1.FC(F)(F)c1cc(Cl)cc(CBr)c1. The Hall–Kier alpha value is -8.64. The smallest absolute Gasteiger partial charge is 0.416 e. The monoisotopic (exact) mass is 2040 g/mol. The summed E-state index contributed by atoms with van der Waals surface area (Å²) in [6.45, 7) is 29.4. The highest BCUT2D eigenvalue weighted by Gasteiger charge is 2.50. The van der Waals surface area contributed by atoms with Crippen molar-refractivity contribution in [2.24, 2.45) is 14.1 Å². The zero-order chi connectivity index (χ0) is 93.8. The van der Waals surface area contributed by atoms with Gasteiger partial charge in [-0.05, 0) is 225 Å². The molecule has 0 spiro atoms. The summed E-state index contributed by atoms with van der Waals surface area (Å²) in [5, 5.41) is 17.9. The number of likely N-dealkylation sites (tertiary alicyclic amines) is 3. The molecule has 43 heteroatoms. The van der Waals surface area contributed by atoms with Gasteiger partial charge in [0.15, 0.2) is 6.29 Å². The van der Waals surface area contributed by atoms with Crippen LogP contribution in [-0.2, 0) is 79.5 Å². The van der Waals surface area contributed by atoms with Crippen molar-refractivity contribution in [3.05, 3.63) is 180 Å². The average Bonchev–Trinajstić information content (AvgIpc) is 1.61. The molecule has 10 heterocycles. The predicted molar refractivity (Wildman–Crippen MR) is 473 cm³/mol. The molecular formula is C84H105Br3Cl3F9N18O10. The van der Waals surface area contributed by atoms with Gasteiger partial charge in [0.1, 0.15) is 5.60 Å². The Bertz CT molecular complexity index is 4880. The van der Waals surface area contributed by atoms with Crippen LogP contribution in [0.15, 0.2) is 126 Å². The number of aromatic nitrogens is 10. The molecule has 5 aliphatic heterocycles. The first kappa shape index (κ1) is 104. The van der Waals surface area contributed by atoms with E-state index in [1.165, 1.54) is 18.2 Å². The summed E-state index contributed by atoms with van der Waals surface area (Å²) < 4.78 is 154. The summed E-state index contributed by atoms with van der Waals surface area (Å²) in [4.78, 5) is 82.1. The van der Waals surface area contributed by atoms with Gasteiger partial charge in [0.05, 0.1) is 79.6 Å². The number of halogens is 15. The summed E-state index contributed by atoms with van der Waals surface area (Å²) in [5.74, 6) is 1.26. The summed E-state index contributed by atoms with van der Waals surface area (Å²) in [6, 6.07) is 10.3. The van der Waals surface area contributed by atoms with Crippen LogP contribution in [0.2, 0.25) is 15.1 Å². The average molecular weight is 2040 g/mol. The number of aryl methyl sites for hydroxylation is 2. The molecule has 4 atom stereocenters. The van der Waals surface area contributed by atoms with Crippen LogP contribution in [0.4, 0.5) is 76.5 Å².